The van der Waals surface area contributed by atoms with E-state index in [2.05, 4.69) is 71.1 Å². The van der Waals surface area contributed by atoms with Crippen LogP contribution in [0.5, 0.6) is 0 Å². The van der Waals surface area contributed by atoms with Crippen LogP contribution in [0.3, 0.4) is 0 Å². The molecule has 4 nitrogen and oxygen atoms in total. The Morgan fingerprint density at radius 3 is 2.35 bits per heavy atom. The van der Waals surface area contributed by atoms with Crippen LogP contribution in [-0.4, -0.2) is 62.9 Å². The first kappa shape index (κ1) is 23.9. The molecule has 0 spiro atoms. The van der Waals surface area contributed by atoms with Gasteiger partial charge in [-0.05, 0) is 74.1 Å². The number of rotatable bonds is 7. The first-order valence-electron chi connectivity index (χ1n) is 12.0. The number of aryl methyl sites for hydroxylation is 1. The van der Waals surface area contributed by atoms with E-state index in [1.54, 1.807) is 6.08 Å². The maximum absolute atomic E-state index is 13.2. The summed E-state index contributed by atoms with van der Waals surface area (Å²) in [5, 5.41) is 0. The molecular weight excluding hydrogens is 418 g/mol. The third-order valence-corrected chi connectivity index (χ3v) is 6.52. The summed E-state index contributed by atoms with van der Waals surface area (Å²) in [6, 6.07) is 23.0. The summed E-state index contributed by atoms with van der Waals surface area (Å²) in [6.07, 6.45) is 3.73. The van der Waals surface area contributed by atoms with Gasteiger partial charge in [0, 0.05) is 44.0 Å². The van der Waals surface area contributed by atoms with Crippen LogP contribution in [0.2, 0.25) is 0 Å². The molecule has 1 aliphatic rings. The molecule has 176 valence electrons. The van der Waals surface area contributed by atoms with E-state index in [0.29, 0.717) is 0 Å². The predicted molar refractivity (Wildman–Crippen MR) is 144 cm³/mol. The highest BCUT2D eigenvalue weighted by molar-refractivity contribution is 6.08. The Kier molecular flexibility index (Phi) is 7.61. The number of allylic oxidation sites excluding steroid dienone is 1. The van der Waals surface area contributed by atoms with Crippen LogP contribution >= 0.6 is 0 Å². The Bertz CT molecular complexity index is 1170. The molecule has 0 saturated carbocycles. The van der Waals surface area contributed by atoms with Crippen LogP contribution in [-0.2, 0) is 6.54 Å². The van der Waals surface area contributed by atoms with Crippen LogP contribution in [0.4, 0.5) is 5.69 Å². The van der Waals surface area contributed by atoms with Gasteiger partial charge in [-0.3, -0.25) is 4.79 Å². The standard InChI is InChI=1S/C30H35N3O/c1-23-9-5-7-11-27(23)28-15-14-26(33-19-17-32(4)18-20-33)21-24(28)13-16-30(34)29-12-8-6-10-25(29)22-31(2)3/h5-16,21H,17-20,22H2,1-4H3/b16-13+. The Labute approximate surface area is 204 Å². The Morgan fingerprint density at radius 1 is 0.912 bits per heavy atom. The second-order valence-electron chi connectivity index (χ2n) is 9.47. The number of anilines is 1. The Balaban J connectivity index is 1.70. The highest BCUT2D eigenvalue weighted by Gasteiger charge is 2.16. The topological polar surface area (TPSA) is 26.8 Å². The zero-order chi connectivity index (χ0) is 24.1. The lowest BCUT2D eigenvalue weighted by molar-refractivity contribution is 0.104. The number of hydrogen-bond donors (Lipinski definition) is 0. The van der Waals surface area contributed by atoms with E-state index in [9.17, 15) is 4.79 Å². The van der Waals surface area contributed by atoms with E-state index in [-0.39, 0.29) is 5.78 Å². The summed E-state index contributed by atoms with van der Waals surface area (Å²) in [7, 11) is 6.22. The summed E-state index contributed by atoms with van der Waals surface area (Å²) in [5.74, 6) is 0.0400. The van der Waals surface area contributed by atoms with Crippen molar-refractivity contribution in [1.82, 2.24) is 9.80 Å². The summed E-state index contributed by atoms with van der Waals surface area (Å²) >= 11 is 0. The summed E-state index contributed by atoms with van der Waals surface area (Å²) < 4.78 is 0. The van der Waals surface area contributed by atoms with Gasteiger partial charge in [-0.2, -0.15) is 0 Å². The molecule has 3 aromatic rings. The quantitative estimate of drug-likeness (QED) is 0.355. The molecule has 34 heavy (non-hydrogen) atoms. The number of carbonyl (C=O) groups is 1. The molecule has 0 bridgehead atoms. The van der Waals surface area contributed by atoms with Crippen LogP contribution in [0.1, 0.15) is 27.0 Å². The fourth-order valence-corrected chi connectivity index (χ4v) is 4.56. The fraction of sp³-hybridized carbons (Fsp3) is 0.300. The van der Waals surface area contributed by atoms with Gasteiger partial charge in [-0.15, -0.1) is 0 Å². The summed E-state index contributed by atoms with van der Waals surface area (Å²) in [5.41, 5.74) is 7.68. The molecule has 0 radical (unpaired) electrons. The normalized spacial score (nSPS) is 14.8. The zero-order valence-corrected chi connectivity index (χ0v) is 20.8. The van der Waals surface area contributed by atoms with E-state index in [4.69, 9.17) is 0 Å². The molecule has 1 heterocycles. The molecule has 0 atom stereocenters. The monoisotopic (exact) mass is 453 g/mol. The van der Waals surface area contributed by atoms with E-state index in [0.717, 1.165) is 55.0 Å². The molecule has 0 aliphatic carbocycles. The van der Waals surface area contributed by atoms with Crippen molar-refractivity contribution in [3.8, 4) is 11.1 Å². The fourth-order valence-electron chi connectivity index (χ4n) is 4.56. The average Bonchev–Trinajstić information content (AvgIpc) is 2.83. The minimum Gasteiger partial charge on any atom is -0.369 e. The van der Waals surface area contributed by atoms with Gasteiger partial charge in [0.05, 0.1) is 0 Å². The third-order valence-electron chi connectivity index (χ3n) is 6.52. The second-order valence-corrected chi connectivity index (χ2v) is 9.47. The van der Waals surface area contributed by atoms with Crippen LogP contribution in [0, 0.1) is 6.92 Å². The molecule has 4 heteroatoms. The third kappa shape index (κ3) is 5.64. The van der Waals surface area contributed by atoms with Crippen molar-refractivity contribution in [3.63, 3.8) is 0 Å². The van der Waals surface area contributed by atoms with Gasteiger partial charge in [-0.1, -0.05) is 60.7 Å². The SMILES string of the molecule is Cc1ccccc1-c1ccc(N2CCN(C)CC2)cc1/C=C/C(=O)c1ccccc1CN(C)C. The number of benzene rings is 3. The molecular formula is C30H35N3O. The Hall–Kier alpha value is -3.21. The van der Waals surface area contributed by atoms with Gasteiger partial charge >= 0.3 is 0 Å². The van der Waals surface area contributed by atoms with Crippen molar-refractivity contribution in [2.45, 2.75) is 13.5 Å². The largest absolute Gasteiger partial charge is 0.369 e. The van der Waals surface area contributed by atoms with Crippen molar-refractivity contribution >= 4 is 17.5 Å². The van der Waals surface area contributed by atoms with Gasteiger partial charge in [0.2, 0.25) is 0 Å². The van der Waals surface area contributed by atoms with Crippen LogP contribution in [0.15, 0.2) is 72.8 Å². The molecule has 0 N–H and O–H groups in total. The number of likely N-dealkylation sites (N-methyl/N-ethyl adjacent to an activating group) is 1. The number of hydrogen-bond acceptors (Lipinski definition) is 4. The number of ketones is 1. The van der Waals surface area contributed by atoms with Gasteiger partial charge in [0.1, 0.15) is 0 Å². The van der Waals surface area contributed by atoms with Crippen LogP contribution in [0.25, 0.3) is 17.2 Å². The summed E-state index contributed by atoms with van der Waals surface area (Å²) in [4.78, 5) is 20.1. The van der Waals surface area contributed by atoms with Crippen molar-refractivity contribution < 1.29 is 4.79 Å². The average molecular weight is 454 g/mol. The lowest BCUT2D eigenvalue weighted by atomic mass is 9.94. The van der Waals surface area contributed by atoms with Gasteiger partial charge in [0.25, 0.3) is 0 Å². The highest BCUT2D eigenvalue weighted by Crippen LogP contribution is 2.31. The van der Waals surface area contributed by atoms with Crippen molar-refractivity contribution in [1.29, 1.82) is 0 Å². The maximum Gasteiger partial charge on any atom is 0.186 e. The molecule has 1 fully saturated rings. The van der Waals surface area contributed by atoms with Crippen molar-refractivity contribution in [2.75, 3.05) is 52.2 Å². The van der Waals surface area contributed by atoms with E-state index in [1.165, 1.54) is 16.8 Å². The number of carbonyl (C=O) groups excluding carboxylic acids is 1. The maximum atomic E-state index is 13.2. The first-order chi connectivity index (χ1) is 16.4. The van der Waals surface area contributed by atoms with Gasteiger partial charge < -0.3 is 14.7 Å². The molecule has 4 rings (SSSR count). The van der Waals surface area contributed by atoms with Gasteiger partial charge in [0.15, 0.2) is 5.78 Å². The summed E-state index contributed by atoms with van der Waals surface area (Å²) in [6.45, 7) is 7.03. The molecule has 3 aromatic carbocycles. The first-order valence-corrected chi connectivity index (χ1v) is 12.0. The minimum atomic E-state index is 0.0400. The predicted octanol–water partition coefficient (Wildman–Crippen LogP) is 5.37. The number of nitrogens with zero attached hydrogens (tertiary/aromatic N) is 3. The van der Waals surface area contributed by atoms with Crippen LogP contribution < -0.4 is 4.90 Å². The minimum absolute atomic E-state index is 0.0400. The van der Waals surface area contributed by atoms with E-state index < -0.39 is 0 Å². The van der Waals surface area contributed by atoms with Crippen molar-refractivity contribution in [2.24, 2.45) is 0 Å². The van der Waals surface area contributed by atoms with Crippen molar-refractivity contribution in [3.05, 3.63) is 95.1 Å². The van der Waals surface area contributed by atoms with Gasteiger partial charge in [-0.25, -0.2) is 0 Å². The molecule has 0 unspecified atom stereocenters. The molecule has 0 amide bonds. The lowest BCUT2D eigenvalue weighted by Crippen LogP contribution is -2.44. The Morgan fingerprint density at radius 2 is 1.62 bits per heavy atom. The number of piperazine rings is 1. The highest BCUT2D eigenvalue weighted by atomic mass is 16.1. The molecule has 0 aromatic heterocycles. The smallest absolute Gasteiger partial charge is 0.186 e. The second kappa shape index (κ2) is 10.8. The zero-order valence-electron chi connectivity index (χ0n) is 20.8. The molecule has 1 saturated heterocycles. The molecule has 1 aliphatic heterocycles. The lowest BCUT2D eigenvalue weighted by Gasteiger charge is -2.34. The van der Waals surface area contributed by atoms with E-state index >= 15 is 0 Å². The van der Waals surface area contributed by atoms with E-state index in [1.807, 2.05) is 44.4 Å².